The quantitative estimate of drug-likeness (QED) is 0.513. The van der Waals surface area contributed by atoms with Crippen molar-refractivity contribution in [2.75, 3.05) is 5.32 Å². The molecule has 1 atom stereocenters. The second-order valence-corrected chi connectivity index (χ2v) is 7.41. The highest BCUT2D eigenvalue weighted by molar-refractivity contribution is 8.00. The summed E-state index contributed by atoms with van der Waals surface area (Å²) in [6, 6.07) is 13.2. The summed E-state index contributed by atoms with van der Waals surface area (Å²) in [4.78, 5) is 29.8. The first-order chi connectivity index (χ1) is 13.0. The number of nitrogens with zero attached hydrogens (tertiary/aromatic N) is 2. The van der Waals surface area contributed by atoms with Gasteiger partial charge in [0, 0.05) is 6.54 Å². The predicted octanol–water partition coefficient (Wildman–Crippen LogP) is 4.06. The van der Waals surface area contributed by atoms with Crippen molar-refractivity contribution in [3.05, 3.63) is 64.7 Å². The number of nitrogens with one attached hydrogen (secondary N) is 1. The van der Waals surface area contributed by atoms with Gasteiger partial charge in [-0.25, -0.2) is 9.37 Å². The summed E-state index contributed by atoms with van der Waals surface area (Å²) in [5.41, 5.74) is 0.609. The summed E-state index contributed by atoms with van der Waals surface area (Å²) in [5.74, 6) is -0.842. The number of hydrogen-bond donors (Lipinski definition) is 1. The number of carbonyl (C=O) groups excluding carboxylic acids is 1. The molecule has 0 aliphatic carbocycles. The van der Waals surface area contributed by atoms with Crippen molar-refractivity contribution < 1.29 is 9.18 Å². The van der Waals surface area contributed by atoms with Gasteiger partial charge in [0.2, 0.25) is 5.91 Å². The molecule has 0 aliphatic heterocycles. The number of benzene rings is 2. The van der Waals surface area contributed by atoms with Gasteiger partial charge in [-0.15, -0.1) is 0 Å². The normalized spacial score (nSPS) is 12.1. The molecule has 3 aromatic rings. The van der Waals surface area contributed by atoms with Crippen LogP contribution in [0.4, 0.5) is 10.1 Å². The van der Waals surface area contributed by atoms with Gasteiger partial charge >= 0.3 is 0 Å². The number of rotatable bonds is 6. The molecule has 1 amide bonds. The fourth-order valence-electron chi connectivity index (χ4n) is 2.67. The third kappa shape index (κ3) is 4.19. The first-order valence-electron chi connectivity index (χ1n) is 8.73. The van der Waals surface area contributed by atoms with E-state index in [1.165, 1.54) is 23.9 Å². The first kappa shape index (κ1) is 19.1. The lowest BCUT2D eigenvalue weighted by Crippen LogP contribution is -2.27. The molecule has 0 aliphatic rings. The van der Waals surface area contributed by atoms with E-state index in [0.717, 1.165) is 6.42 Å². The lowest BCUT2D eigenvalue weighted by molar-refractivity contribution is -0.115. The third-order valence-electron chi connectivity index (χ3n) is 4.06. The van der Waals surface area contributed by atoms with Gasteiger partial charge < -0.3 is 5.32 Å². The zero-order valence-corrected chi connectivity index (χ0v) is 15.9. The summed E-state index contributed by atoms with van der Waals surface area (Å²) in [7, 11) is 0. The molecule has 0 saturated carbocycles. The van der Waals surface area contributed by atoms with Gasteiger partial charge in [0.25, 0.3) is 5.56 Å². The van der Waals surface area contributed by atoms with Gasteiger partial charge in [-0.05, 0) is 37.6 Å². The largest absolute Gasteiger partial charge is 0.323 e. The van der Waals surface area contributed by atoms with Crippen molar-refractivity contribution in [3.8, 4) is 0 Å². The smallest absolute Gasteiger partial charge is 0.262 e. The monoisotopic (exact) mass is 385 g/mol. The Balaban J connectivity index is 1.88. The number of thioether (sulfide) groups is 1. The number of amides is 1. The van der Waals surface area contributed by atoms with Gasteiger partial charge in [-0.2, -0.15) is 0 Å². The van der Waals surface area contributed by atoms with Crippen molar-refractivity contribution in [1.82, 2.24) is 9.55 Å². The Kier molecular flexibility index (Phi) is 5.91. The SMILES string of the molecule is CCCn1c(S[C@@H](C)C(=O)Nc2ccccc2F)nc2ccccc2c1=O. The minimum Gasteiger partial charge on any atom is -0.323 e. The van der Waals surface area contributed by atoms with Crippen molar-refractivity contribution in [2.24, 2.45) is 0 Å². The molecule has 7 heteroatoms. The first-order valence-corrected chi connectivity index (χ1v) is 9.61. The molecule has 140 valence electrons. The maximum atomic E-state index is 13.8. The highest BCUT2D eigenvalue weighted by Crippen LogP contribution is 2.24. The zero-order chi connectivity index (χ0) is 19.4. The Hall–Kier alpha value is -2.67. The molecule has 0 spiro atoms. The van der Waals surface area contributed by atoms with E-state index >= 15 is 0 Å². The molecule has 0 saturated heterocycles. The Bertz CT molecular complexity index is 1040. The minimum atomic E-state index is -0.555. The van der Waals surface area contributed by atoms with Crippen LogP contribution in [0.25, 0.3) is 10.9 Å². The highest BCUT2D eigenvalue weighted by atomic mass is 32.2. The molecule has 0 bridgehead atoms. The molecule has 0 fully saturated rings. The van der Waals surface area contributed by atoms with E-state index in [0.29, 0.717) is 22.6 Å². The van der Waals surface area contributed by atoms with E-state index in [1.54, 1.807) is 41.8 Å². The van der Waals surface area contributed by atoms with Crippen molar-refractivity contribution in [3.63, 3.8) is 0 Å². The van der Waals surface area contributed by atoms with E-state index < -0.39 is 11.1 Å². The fourth-order valence-corrected chi connectivity index (χ4v) is 3.60. The Morgan fingerprint density at radius 2 is 1.93 bits per heavy atom. The summed E-state index contributed by atoms with van der Waals surface area (Å²) in [6.45, 7) is 4.20. The van der Waals surface area contributed by atoms with Crippen LogP contribution in [0.3, 0.4) is 0 Å². The number of carbonyl (C=O) groups is 1. The number of para-hydroxylation sites is 2. The van der Waals surface area contributed by atoms with Crippen LogP contribution >= 0.6 is 11.8 Å². The van der Waals surface area contributed by atoms with Crippen LogP contribution in [-0.2, 0) is 11.3 Å². The van der Waals surface area contributed by atoms with Gasteiger partial charge in [-0.1, -0.05) is 43.0 Å². The van der Waals surface area contributed by atoms with Crippen LogP contribution in [0.15, 0.2) is 58.5 Å². The number of hydrogen-bond acceptors (Lipinski definition) is 4. The lowest BCUT2D eigenvalue weighted by Gasteiger charge is -2.16. The van der Waals surface area contributed by atoms with E-state index in [9.17, 15) is 14.0 Å². The highest BCUT2D eigenvalue weighted by Gasteiger charge is 2.20. The van der Waals surface area contributed by atoms with Crippen LogP contribution in [0.2, 0.25) is 0 Å². The third-order valence-corrected chi connectivity index (χ3v) is 5.15. The fraction of sp³-hybridized carbons (Fsp3) is 0.250. The van der Waals surface area contributed by atoms with E-state index in [-0.39, 0.29) is 17.2 Å². The average Bonchev–Trinajstić information content (AvgIpc) is 2.66. The number of fused-ring (bicyclic) bond motifs is 1. The average molecular weight is 385 g/mol. The standard InChI is InChI=1S/C20H20FN3O2S/c1-3-12-24-19(26)14-8-4-6-10-16(14)23-20(24)27-13(2)18(25)22-17-11-7-5-9-15(17)21/h4-11,13H,3,12H2,1-2H3,(H,22,25)/t13-/m0/s1. The van der Waals surface area contributed by atoms with Crippen molar-refractivity contribution in [2.45, 2.75) is 37.2 Å². The molecule has 1 aromatic heterocycles. The summed E-state index contributed by atoms with van der Waals surface area (Å²) < 4.78 is 15.3. The number of aromatic nitrogens is 2. The molecule has 5 nitrogen and oxygen atoms in total. The molecule has 0 unspecified atom stereocenters. The second-order valence-electron chi connectivity index (χ2n) is 6.10. The maximum Gasteiger partial charge on any atom is 0.262 e. The molecule has 2 aromatic carbocycles. The summed E-state index contributed by atoms with van der Waals surface area (Å²) in [5, 5.41) is 3.07. The maximum absolute atomic E-state index is 13.8. The molecule has 3 rings (SSSR count). The molecule has 1 N–H and O–H groups in total. The van der Waals surface area contributed by atoms with E-state index in [4.69, 9.17) is 0 Å². The Labute approximate surface area is 160 Å². The Morgan fingerprint density at radius 1 is 1.22 bits per heavy atom. The minimum absolute atomic E-state index is 0.119. The molecule has 0 radical (unpaired) electrons. The van der Waals surface area contributed by atoms with E-state index in [2.05, 4.69) is 10.3 Å². The summed E-state index contributed by atoms with van der Waals surface area (Å²) >= 11 is 1.19. The molecular weight excluding hydrogens is 365 g/mol. The van der Waals surface area contributed by atoms with Crippen LogP contribution in [0, 0.1) is 5.82 Å². The lowest BCUT2D eigenvalue weighted by atomic mass is 10.2. The van der Waals surface area contributed by atoms with Crippen LogP contribution in [0.5, 0.6) is 0 Å². The van der Waals surface area contributed by atoms with Crippen LogP contribution in [0.1, 0.15) is 20.3 Å². The summed E-state index contributed by atoms with van der Waals surface area (Å²) in [6.07, 6.45) is 0.767. The zero-order valence-electron chi connectivity index (χ0n) is 15.1. The number of halogens is 1. The van der Waals surface area contributed by atoms with E-state index in [1.807, 2.05) is 13.0 Å². The Morgan fingerprint density at radius 3 is 2.67 bits per heavy atom. The molecule has 27 heavy (non-hydrogen) atoms. The van der Waals surface area contributed by atoms with Crippen LogP contribution < -0.4 is 10.9 Å². The van der Waals surface area contributed by atoms with Gasteiger partial charge in [-0.3, -0.25) is 14.2 Å². The van der Waals surface area contributed by atoms with Crippen LogP contribution in [-0.4, -0.2) is 20.7 Å². The molecular formula is C20H20FN3O2S. The molecule has 1 heterocycles. The number of anilines is 1. The van der Waals surface area contributed by atoms with Gasteiger partial charge in [0.05, 0.1) is 21.8 Å². The van der Waals surface area contributed by atoms with Gasteiger partial charge in [0.1, 0.15) is 5.82 Å². The van der Waals surface area contributed by atoms with Gasteiger partial charge in [0.15, 0.2) is 5.16 Å². The second kappa shape index (κ2) is 8.35. The predicted molar refractivity (Wildman–Crippen MR) is 107 cm³/mol. The topological polar surface area (TPSA) is 64.0 Å². The van der Waals surface area contributed by atoms with Crippen molar-refractivity contribution in [1.29, 1.82) is 0 Å². The van der Waals surface area contributed by atoms with Crippen molar-refractivity contribution >= 4 is 34.3 Å².